The van der Waals surface area contributed by atoms with Gasteiger partial charge in [0.1, 0.15) is 22.3 Å². The Hall–Kier alpha value is -8.78. The molecular formula is C60H38N2O2. The van der Waals surface area contributed by atoms with Gasteiger partial charge in [0.25, 0.3) is 0 Å². The van der Waals surface area contributed by atoms with Gasteiger partial charge in [-0.2, -0.15) is 0 Å². The normalized spacial score (nSPS) is 11.3. The average molecular weight is 819 g/mol. The van der Waals surface area contributed by atoms with E-state index in [-0.39, 0.29) is 0 Å². The van der Waals surface area contributed by atoms with Crippen LogP contribution in [0, 0.1) is 12.1 Å². The third kappa shape index (κ3) is 6.52. The van der Waals surface area contributed by atoms with Crippen LogP contribution in [0.2, 0.25) is 0 Å². The van der Waals surface area contributed by atoms with Crippen molar-refractivity contribution in [1.29, 1.82) is 0 Å². The van der Waals surface area contributed by atoms with E-state index >= 15 is 0 Å². The van der Waals surface area contributed by atoms with E-state index in [0.717, 1.165) is 111 Å². The number of fused-ring (bicyclic) bond motifs is 6. The minimum absolute atomic E-state index is 0.897. The molecular weight excluding hydrogens is 781 g/mol. The molecule has 0 atom stereocenters. The lowest BCUT2D eigenvalue weighted by atomic mass is 10.0. The lowest BCUT2D eigenvalue weighted by Gasteiger charge is -2.26. The summed E-state index contributed by atoms with van der Waals surface area (Å²) in [6, 6.07) is 87.2. The molecule has 0 amide bonds. The van der Waals surface area contributed by atoms with E-state index < -0.39 is 0 Å². The van der Waals surface area contributed by atoms with Crippen molar-refractivity contribution in [1.82, 2.24) is 0 Å². The SMILES string of the molecule is c1cccc(N(c2ccc(-c3ccc(N(c4ccccc4)c4ccc(-c5cccc6c5oc5ccccc56)cc4)cc3)cc2)c2ccc(-c3cccc4c3oc3ccccc34)cc2)c#1. The molecule has 4 heteroatoms. The summed E-state index contributed by atoms with van der Waals surface area (Å²) in [6.07, 6.45) is 0. The summed E-state index contributed by atoms with van der Waals surface area (Å²) in [4.78, 5) is 4.52. The molecule has 12 rings (SSSR count). The molecule has 300 valence electrons. The monoisotopic (exact) mass is 818 g/mol. The summed E-state index contributed by atoms with van der Waals surface area (Å²) in [5.41, 5.74) is 16.4. The molecule has 64 heavy (non-hydrogen) atoms. The number of benzene rings is 9. The van der Waals surface area contributed by atoms with Crippen molar-refractivity contribution >= 4 is 78.0 Å². The Morgan fingerprint density at radius 1 is 0.297 bits per heavy atom. The Kier molecular flexibility index (Phi) is 9.02. The van der Waals surface area contributed by atoms with Crippen molar-refractivity contribution in [2.45, 2.75) is 0 Å². The van der Waals surface area contributed by atoms with Crippen molar-refractivity contribution in [3.8, 4) is 33.4 Å². The van der Waals surface area contributed by atoms with Gasteiger partial charge in [-0.15, -0.1) is 0 Å². The number of hydrogen-bond donors (Lipinski definition) is 0. The zero-order valence-corrected chi connectivity index (χ0v) is 34.7. The highest BCUT2D eigenvalue weighted by Gasteiger charge is 2.18. The first-order valence-electron chi connectivity index (χ1n) is 21.5. The van der Waals surface area contributed by atoms with Crippen molar-refractivity contribution < 1.29 is 8.83 Å². The van der Waals surface area contributed by atoms with Crippen molar-refractivity contribution in [3.05, 3.63) is 243 Å². The lowest BCUT2D eigenvalue weighted by Crippen LogP contribution is -2.09. The van der Waals surface area contributed by atoms with E-state index in [4.69, 9.17) is 8.83 Å². The van der Waals surface area contributed by atoms with E-state index in [1.54, 1.807) is 0 Å². The fourth-order valence-corrected chi connectivity index (χ4v) is 9.06. The van der Waals surface area contributed by atoms with Gasteiger partial charge in [0, 0.05) is 61.1 Å². The molecule has 0 aliphatic rings. The van der Waals surface area contributed by atoms with E-state index in [2.05, 4.69) is 216 Å². The summed E-state index contributed by atoms with van der Waals surface area (Å²) in [7, 11) is 0. The Morgan fingerprint density at radius 2 is 0.703 bits per heavy atom. The highest BCUT2D eigenvalue weighted by Crippen LogP contribution is 2.42. The van der Waals surface area contributed by atoms with Crippen LogP contribution in [0.5, 0.6) is 0 Å². The maximum atomic E-state index is 6.38. The maximum absolute atomic E-state index is 6.38. The Bertz CT molecular complexity index is 3330. The van der Waals surface area contributed by atoms with Crippen LogP contribution in [0.1, 0.15) is 0 Å². The van der Waals surface area contributed by atoms with Crippen molar-refractivity contribution in [2.75, 3.05) is 9.80 Å². The maximum Gasteiger partial charge on any atom is 0.143 e. The molecule has 0 aliphatic carbocycles. The zero-order chi connectivity index (χ0) is 42.4. The lowest BCUT2D eigenvalue weighted by molar-refractivity contribution is 0.669. The minimum atomic E-state index is 0.897. The third-order valence-electron chi connectivity index (χ3n) is 12.2. The standard InChI is InChI=1S/C60H38N2O2/c1-3-13-45(14-4-1)61(49-37-29-43(30-38-49)51-19-11-21-55-53-17-7-9-23-57(53)63-59(51)55)47-33-25-41(26-34-47)42-27-35-48(36-28-42)62(46-15-5-2-6-16-46)50-39-31-44(32-40-50)52-20-12-22-56-54-18-8-10-24-58(54)64-60(52)56/h1-5,7-15,17-40H. The number of para-hydroxylation sites is 5. The number of furan rings is 2. The van der Waals surface area contributed by atoms with Crippen LogP contribution in [0.3, 0.4) is 0 Å². The van der Waals surface area contributed by atoms with Crippen LogP contribution in [0.15, 0.2) is 239 Å². The quantitative estimate of drug-likeness (QED) is 0.145. The highest BCUT2D eigenvalue weighted by atomic mass is 16.3. The van der Waals surface area contributed by atoms with Crippen LogP contribution in [-0.4, -0.2) is 0 Å². The molecule has 4 nitrogen and oxygen atoms in total. The van der Waals surface area contributed by atoms with Gasteiger partial charge in [-0.25, -0.2) is 0 Å². The number of anilines is 6. The van der Waals surface area contributed by atoms with Gasteiger partial charge in [0.15, 0.2) is 0 Å². The van der Waals surface area contributed by atoms with Gasteiger partial charge in [-0.05, 0) is 113 Å². The van der Waals surface area contributed by atoms with Crippen LogP contribution in [-0.2, 0) is 0 Å². The molecule has 12 aromatic rings. The average Bonchev–Trinajstić information content (AvgIpc) is 3.95. The molecule has 0 saturated heterocycles. The van der Waals surface area contributed by atoms with Crippen molar-refractivity contribution in [3.63, 3.8) is 0 Å². The summed E-state index contributed by atoms with van der Waals surface area (Å²) in [5, 5.41) is 4.51. The summed E-state index contributed by atoms with van der Waals surface area (Å²) in [5.74, 6) is 0. The third-order valence-corrected chi connectivity index (χ3v) is 12.2. The van der Waals surface area contributed by atoms with E-state index in [0.29, 0.717) is 0 Å². The highest BCUT2D eigenvalue weighted by molar-refractivity contribution is 6.10. The molecule has 0 bridgehead atoms. The summed E-state index contributed by atoms with van der Waals surface area (Å²) >= 11 is 0. The van der Waals surface area contributed by atoms with Gasteiger partial charge in [0.2, 0.25) is 0 Å². The fraction of sp³-hybridized carbons (Fsp3) is 0. The predicted octanol–water partition coefficient (Wildman–Crippen LogP) is 17.0. The Labute approximate surface area is 371 Å². The molecule has 2 heterocycles. The summed E-state index contributed by atoms with van der Waals surface area (Å²) in [6.45, 7) is 0. The summed E-state index contributed by atoms with van der Waals surface area (Å²) < 4.78 is 12.8. The molecule has 0 N–H and O–H groups in total. The molecule has 10 aromatic carbocycles. The predicted molar refractivity (Wildman–Crippen MR) is 264 cm³/mol. The first kappa shape index (κ1) is 37.0. The first-order valence-corrected chi connectivity index (χ1v) is 21.5. The van der Waals surface area contributed by atoms with E-state index in [1.165, 1.54) is 0 Å². The van der Waals surface area contributed by atoms with Gasteiger partial charge in [-0.3, -0.25) is 0 Å². The fourth-order valence-electron chi connectivity index (χ4n) is 9.06. The molecule has 2 aromatic heterocycles. The molecule has 0 saturated carbocycles. The first-order chi connectivity index (χ1) is 31.7. The van der Waals surface area contributed by atoms with Crippen LogP contribution < -0.4 is 9.80 Å². The van der Waals surface area contributed by atoms with Gasteiger partial charge >= 0.3 is 0 Å². The number of rotatable bonds is 9. The van der Waals surface area contributed by atoms with Crippen LogP contribution >= 0.6 is 0 Å². The molecule has 0 radical (unpaired) electrons. The van der Waals surface area contributed by atoms with Crippen LogP contribution in [0.25, 0.3) is 77.3 Å². The van der Waals surface area contributed by atoms with E-state index in [1.807, 2.05) is 36.4 Å². The number of hydrogen-bond acceptors (Lipinski definition) is 4. The second-order valence-electron chi connectivity index (χ2n) is 15.9. The van der Waals surface area contributed by atoms with Crippen LogP contribution in [0.4, 0.5) is 34.1 Å². The molecule has 0 aliphatic heterocycles. The van der Waals surface area contributed by atoms with Crippen molar-refractivity contribution in [2.24, 2.45) is 0 Å². The van der Waals surface area contributed by atoms with Gasteiger partial charge in [-0.1, -0.05) is 152 Å². The largest absolute Gasteiger partial charge is 0.455 e. The second-order valence-corrected chi connectivity index (χ2v) is 15.9. The molecule has 0 fully saturated rings. The molecule has 0 spiro atoms. The van der Waals surface area contributed by atoms with Gasteiger partial charge in [0.05, 0.1) is 5.69 Å². The second kappa shape index (κ2) is 15.6. The zero-order valence-electron chi connectivity index (χ0n) is 34.7. The number of nitrogens with zero attached hydrogens (tertiary/aromatic N) is 2. The molecule has 0 unspecified atom stereocenters. The van der Waals surface area contributed by atoms with Gasteiger partial charge < -0.3 is 18.6 Å². The topological polar surface area (TPSA) is 32.8 Å². The van der Waals surface area contributed by atoms with E-state index in [9.17, 15) is 0 Å². The Morgan fingerprint density at radius 3 is 1.17 bits per heavy atom. The smallest absolute Gasteiger partial charge is 0.143 e. The Balaban J connectivity index is 0.835. The minimum Gasteiger partial charge on any atom is -0.455 e.